The first-order valence-electron chi connectivity index (χ1n) is 8.08. The van der Waals surface area contributed by atoms with Crippen LogP contribution in [0.1, 0.15) is 82.3 Å². The third kappa shape index (κ3) is 2.86. The summed E-state index contributed by atoms with van der Waals surface area (Å²) < 4.78 is 5.89. The average Bonchev–Trinajstić information content (AvgIpc) is 2.46. The Labute approximate surface area is 128 Å². The maximum absolute atomic E-state index is 12.3. The van der Waals surface area contributed by atoms with Gasteiger partial charge in [0.1, 0.15) is 5.75 Å². The van der Waals surface area contributed by atoms with E-state index in [-0.39, 0.29) is 16.6 Å². The number of Topliss-reactive ketones (excluding diaryl/α,β-unsaturated/α-hetero) is 1. The lowest BCUT2D eigenvalue weighted by Crippen LogP contribution is -2.26. The predicted molar refractivity (Wildman–Crippen MR) is 87.5 cm³/mol. The molecular weight excluding hydrogens is 260 g/mol. The molecular formula is C19H28O2. The van der Waals surface area contributed by atoms with Crippen molar-refractivity contribution in [1.29, 1.82) is 0 Å². The number of carbonyl (C=O) groups is 1. The minimum absolute atomic E-state index is 0.0154. The predicted octanol–water partition coefficient (Wildman–Crippen LogP) is 5.03. The van der Waals surface area contributed by atoms with Crippen molar-refractivity contribution in [1.82, 2.24) is 0 Å². The summed E-state index contributed by atoms with van der Waals surface area (Å²) in [5.74, 6) is 1.05. The molecule has 0 bridgehead atoms. The Morgan fingerprint density at radius 1 is 1.05 bits per heavy atom. The quantitative estimate of drug-likeness (QED) is 0.777. The van der Waals surface area contributed by atoms with E-state index >= 15 is 0 Å². The minimum atomic E-state index is 0.0154. The highest BCUT2D eigenvalue weighted by molar-refractivity contribution is 6.00. The van der Waals surface area contributed by atoms with Gasteiger partial charge in [-0.15, -0.1) is 0 Å². The number of ketones is 1. The third-order valence-electron chi connectivity index (χ3n) is 5.24. The van der Waals surface area contributed by atoms with Crippen LogP contribution in [0.15, 0.2) is 12.1 Å². The molecule has 2 heteroatoms. The van der Waals surface area contributed by atoms with E-state index in [0.717, 1.165) is 24.2 Å². The fraction of sp³-hybridized carbons (Fsp3) is 0.632. The van der Waals surface area contributed by atoms with Crippen molar-refractivity contribution >= 4 is 5.78 Å². The maximum Gasteiger partial charge on any atom is 0.170 e. The molecule has 0 atom stereocenters. The smallest absolute Gasteiger partial charge is 0.170 e. The number of hydrogen-bond donors (Lipinski definition) is 0. The van der Waals surface area contributed by atoms with Crippen molar-refractivity contribution in [3.63, 3.8) is 0 Å². The first kappa shape index (κ1) is 16.1. The Morgan fingerprint density at radius 2 is 1.67 bits per heavy atom. The van der Waals surface area contributed by atoms with Gasteiger partial charge in [-0.05, 0) is 35.3 Å². The summed E-state index contributed by atoms with van der Waals surface area (Å²) >= 11 is 0. The van der Waals surface area contributed by atoms with E-state index in [2.05, 4.69) is 53.7 Å². The molecule has 0 spiro atoms. The normalized spacial score (nSPS) is 15.6. The van der Waals surface area contributed by atoms with E-state index in [0.29, 0.717) is 13.0 Å². The number of ether oxygens (including phenoxy) is 1. The highest BCUT2D eigenvalue weighted by Gasteiger charge is 2.32. The molecule has 0 saturated heterocycles. The summed E-state index contributed by atoms with van der Waals surface area (Å²) in [7, 11) is 0. The van der Waals surface area contributed by atoms with E-state index in [1.54, 1.807) is 0 Å². The van der Waals surface area contributed by atoms with Gasteiger partial charge < -0.3 is 4.74 Å². The van der Waals surface area contributed by atoms with Crippen LogP contribution < -0.4 is 4.74 Å². The van der Waals surface area contributed by atoms with Crippen molar-refractivity contribution in [3.05, 3.63) is 28.8 Å². The molecule has 1 aromatic rings. The summed E-state index contributed by atoms with van der Waals surface area (Å²) in [5.41, 5.74) is 3.32. The van der Waals surface area contributed by atoms with Gasteiger partial charge in [0.15, 0.2) is 5.78 Å². The zero-order valence-electron chi connectivity index (χ0n) is 14.3. The van der Waals surface area contributed by atoms with Crippen LogP contribution in [0, 0.1) is 0 Å². The highest BCUT2D eigenvalue weighted by atomic mass is 16.5. The van der Waals surface area contributed by atoms with Crippen molar-refractivity contribution in [2.24, 2.45) is 0 Å². The summed E-state index contributed by atoms with van der Waals surface area (Å²) in [6.45, 7) is 13.8. The van der Waals surface area contributed by atoms with Gasteiger partial charge in [-0.3, -0.25) is 4.79 Å². The van der Waals surface area contributed by atoms with Crippen LogP contribution in [0.5, 0.6) is 5.75 Å². The lowest BCUT2D eigenvalue weighted by Gasteiger charge is -2.33. The first-order valence-corrected chi connectivity index (χ1v) is 8.08. The van der Waals surface area contributed by atoms with Crippen LogP contribution in [0.25, 0.3) is 0 Å². The van der Waals surface area contributed by atoms with E-state index in [9.17, 15) is 4.79 Å². The average molecular weight is 288 g/mol. The standard InChI is InChI=1S/C19H28O2/c1-7-18(3,4)13-11-14-16(20)9-10-21-17(14)15(12-13)19(5,6)8-2/h11-12H,7-10H2,1-6H3. The molecule has 116 valence electrons. The molecule has 0 unspecified atom stereocenters. The first-order chi connectivity index (χ1) is 9.73. The molecule has 1 aromatic carbocycles. The zero-order valence-corrected chi connectivity index (χ0v) is 14.3. The van der Waals surface area contributed by atoms with E-state index in [1.807, 2.05) is 0 Å². The SMILES string of the molecule is CCC(C)(C)c1cc2c(c(C(C)(C)CC)c1)OCCC2=O. The second-order valence-corrected chi connectivity index (χ2v) is 7.40. The molecule has 0 N–H and O–H groups in total. The van der Waals surface area contributed by atoms with Crippen LogP contribution in [-0.2, 0) is 10.8 Å². The summed E-state index contributed by atoms with van der Waals surface area (Å²) in [6, 6.07) is 4.33. The van der Waals surface area contributed by atoms with E-state index in [4.69, 9.17) is 4.74 Å². The largest absolute Gasteiger partial charge is 0.492 e. The Hall–Kier alpha value is -1.31. The topological polar surface area (TPSA) is 26.3 Å². The van der Waals surface area contributed by atoms with Gasteiger partial charge >= 0.3 is 0 Å². The molecule has 0 radical (unpaired) electrons. The van der Waals surface area contributed by atoms with Crippen molar-refractivity contribution in [3.8, 4) is 5.75 Å². The van der Waals surface area contributed by atoms with Gasteiger partial charge in [-0.2, -0.15) is 0 Å². The fourth-order valence-electron chi connectivity index (χ4n) is 2.66. The van der Waals surface area contributed by atoms with Crippen molar-refractivity contribution in [2.45, 2.75) is 71.6 Å². The van der Waals surface area contributed by atoms with Crippen molar-refractivity contribution in [2.75, 3.05) is 6.61 Å². The molecule has 0 aromatic heterocycles. The molecule has 0 amide bonds. The van der Waals surface area contributed by atoms with Gasteiger partial charge in [-0.1, -0.05) is 47.6 Å². The molecule has 2 nitrogen and oxygen atoms in total. The van der Waals surface area contributed by atoms with Crippen LogP contribution >= 0.6 is 0 Å². The molecule has 1 heterocycles. The van der Waals surface area contributed by atoms with Crippen LogP contribution in [0.2, 0.25) is 0 Å². The van der Waals surface area contributed by atoms with Crippen LogP contribution in [-0.4, -0.2) is 12.4 Å². The van der Waals surface area contributed by atoms with Gasteiger partial charge in [0, 0.05) is 12.0 Å². The van der Waals surface area contributed by atoms with Crippen molar-refractivity contribution < 1.29 is 9.53 Å². The molecule has 0 aliphatic carbocycles. The lowest BCUT2D eigenvalue weighted by atomic mass is 9.74. The van der Waals surface area contributed by atoms with Gasteiger partial charge in [0.25, 0.3) is 0 Å². The zero-order chi connectivity index (χ0) is 15.8. The lowest BCUT2D eigenvalue weighted by molar-refractivity contribution is 0.0931. The Morgan fingerprint density at radius 3 is 2.24 bits per heavy atom. The summed E-state index contributed by atoms with van der Waals surface area (Å²) in [4.78, 5) is 12.3. The molecule has 0 saturated carbocycles. The van der Waals surface area contributed by atoms with Gasteiger partial charge in [0.05, 0.1) is 12.2 Å². The second-order valence-electron chi connectivity index (χ2n) is 7.40. The fourth-order valence-corrected chi connectivity index (χ4v) is 2.66. The van der Waals surface area contributed by atoms with E-state index in [1.165, 1.54) is 11.1 Å². The van der Waals surface area contributed by atoms with E-state index < -0.39 is 0 Å². The molecule has 1 aliphatic heterocycles. The summed E-state index contributed by atoms with van der Waals surface area (Å²) in [6.07, 6.45) is 2.56. The number of hydrogen-bond acceptors (Lipinski definition) is 2. The van der Waals surface area contributed by atoms with Gasteiger partial charge in [0.2, 0.25) is 0 Å². The molecule has 1 aliphatic rings. The molecule has 21 heavy (non-hydrogen) atoms. The van der Waals surface area contributed by atoms with Gasteiger partial charge in [-0.25, -0.2) is 0 Å². The summed E-state index contributed by atoms with van der Waals surface area (Å²) in [5, 5.41) is 0. The molecule has 0 fully saturated rings. The van der Waals surface area contributed by atoms with Crippen LogP contribution in [0.4, 0.5) is 0 Å². The molecule has 2 rings (SSSR count). The number of carbonyl (C=O) groups excluding carboxylic acids is 1. The third-order valence-corrected chi connectivity index (χ3v) is 5.24. The minimum Gasteiger partial charge on any atom is -0.492 e. The number of fused-ring (bicyclic) bond motifs is 1. The number of benzene rings is 1. The maximum atomic E-state index is 12.3. The second kappa shape index (κ2) is 5.47. The van der Waals surface area contributed by atoms with Crippen LogP contribution in [0.3, 0.4) is 0 Å². The Balaban J connectivity index is 2.71. The number of rotatable bonds is 4. The highest BCUT2D eigenvalue weighted by Crippen LogP contribution is 2.42. The Bertz CT molecular complexity index is 553. The monoisotopic (exact) mass is 288 g/mol. The Kier molecular flexibility index (Phi) is 4.19.